The number of nitrogens with zero attached hydrogens (tertiary/aromatic N) is 1. The van der Waals surface area contributed by atoms with Gasteiger partial charge in [-0.05, 0) is 37.5 Å². The van der Waals surface area contributed by atoms with E-state index in [1.807, 2.05) is 0 Å². The molecule has 1 aliphatic heterocycles. The van der Waals surface area contributed by atoms with Crippen molar-refractivity contribution in [1.29, 1.82) is 0 Å². The Hall–Kier alpha value is -0.370. The van der Waals surface area contributed by atoms with Crippen molar-refractivity contribution in [2.24, 2.45) is 17.3 Å². The summed E-state index contributed by atoms with van der Waals surface area (Å²) in [7, 11) is 0. The Labute approximate surface area is 118 Å². The highest BCUT2D eigenvalue weighted by atomic mass is 16.1. The lowest BCUT2D eigenvalue weighted by atomic mass is 9.77. The van der Waals surface area contributed by atoms with Crippen molar-refractivity contribution >= 4 is 5.78 Å². The van der Waals surface area contributed by atoms with Gasteiger partial charge in [0.25, 0.3) is 0 Å². The summed E-state index contributed by atoms with van der Waals surface area (Å²) in [6, 6.07) is 0.436. The zero-order chi connectivity index (χ0) is 14.0. The van der Waals surface area contributed by atoms with Crippen LogP contribution in [0.1, 0.15) is 66.2 Å². The summed E-state index contributed by atoms with van der Waals surface area (Å²) in [6.45, 7) is 11.3. The topological polar surface area (TPSA) is 20.3 Å². The number of ketones is 1. The molecule has 19 heavy (non-hydrogen) atoms. The second-order valence-electron chi connectivity index (χ2n) is 7.52. The maximum Gasteiger partial charge on any atom is 0.138 e. The minimum Gasteiger partial charge on any atom is -0.299 e. The summed E-state index contributed by atoms with van der Waals surface area (Å²) < 4.78 is 0. The number of carbonyl (C=O) groups excluding carboxylic acids is 1. The van der Waals surface area contributed by atoms with E-state index in [0.29, 0.717) is 17.2 Å². The molecule has 0 N–H and O–H groups in total. The molecule has 1 saturated carbocycles. The largest absolute Gasteiger partial charge is 0.299 e. The lowest BCUT2D eigenvalue weighted by molar-refractivity contribution is -0.128. The van der Waals surface area contributed by atoms with Crippen molar-refractivity contribution in [3.8, 4) is 0 Å². The summed E-state index contributed by atoms with van der Waals surface area (Å²) in [5.74, 6) is 1.48. The molecule has 0 aromatic carbocycles. The maximum atomic E-state index is 11.8. The summed E-state index contributed by atoms with van der Waals surface area (Å²) in [5, 5.41) is 0. The van der Waals surface area contributed by atoms with E-state index < -0.39 is 0 Å². The zero-order valence-corrected chi connectivity index (χ0v) is 13.2. The van der Waals surface area contributed by atoms with Crippen molar-refractivity contribution < 1.29 is 4.79 Å². The third kappa shape index (κ3) is 3.39. The summed E-state index contributed by atoms with van der Waals surface area (Å²) in [6.07, 6.45) is 7.74. The van der Waals surface area contributed by atoms with Crippen LogP contribution in [-0.4, -0.2) is 29.8 Å². The Morgan fingerprint density at radius 2 is 1.89 bits per heavy atom. The van der Waals surface area contributed by atoms with Crippen LogP contribution in [0.5, 0.6) is 0 Å². The predicted molar refractivity (Wildman–Crippen MR) is 80.2 cm³/mol. The number of hydrogen-bond acceptors (Lipinski definition) is 2. The van der Waals surface area contributed by atoms with Gasteiger partial charge in [-0.1, -0.05) is 33.6 Å². The van der Waals surface area contributed by atoms with Crippen LogP contribution >= 0.6 is 0 Å². The summed E-state index contributed by atoms with van der Waals surface area (Å²) >= 11 is 0. The van der Waals surface area contributed by atoms with Crippen molar-refractivity contribution in [3.05, 3.63) is 0 Å². The van der Waals surface area contributed by atoms with E-state index in [1.165, 1.54) is 38.6 Å². The van der Waals surface area contributed by atoms with Gasteiger partial charge in [0, 0.05) is 31.5 Å². The quantitative estimate of drug-likeness (QED) is 0.768. The standard InChI is InChI=1S/C17H31NO/c1-13(2)11-17(8-5-6-9-17)12-18-10-7-16(19)14(3)15(18)4/h13-15H,5-12H2,1-4H3. The lowest BCUT2D eigenvalue weighted by Crippen LogP contribution is -2.50. The number of Topliss-reactive ketones (excluding diaryl/α,β-unsaturated/α-hetero) is 1. The molecule has 1 aliphatic carbocycles. The van der Waals surface area contributed by atoms with Gasteiger partial charge < -0.3 is 0 Å². The fraction of sp³-hybridized carbons (Fsp3) is 0.941. The van der Waals surface area contributed by atoms with E-state index in [4.69, 9.17) is 0 Å². The average Bonchev–Trinajstić information content (AvgIpc) is 2.78. The Morgan fingerprint density at radius 3 is 2.47 bits per heavy atom. The molecule has 0 radical (unpaired) electrons. The molecule has 2 heteroatoms. The molecule has 2 unspecified atom stereocenters. The fourth-order valence-corrected chi connectivity index (χ4v) is 4.34. The molecule has 0 spiro atoms. The Balaban J connectivity index is 2.03. The van der Waals surface area contributed by atoms with Crippen LogP contribution < -0.4 is 0 Å². The SMILES string of the molecule is CC(C)CC1(CN2CCC(=O)C(C)C2C)CCCC1. The minimum absolute atomic E-state index is 0.228. The van der Waals surface area contributed by atoms with Gasteiger partial charge in [-0.25, -0.2) is 0 Å². The maximum absolute atomic E-state index is 11.8. The number of carbonyl (C=O) groups is 1. The van der Waals surface area contributed by atoms with Crippen molar-refractivity contribution in [2.45, 2.75) is 72.3 Å². The molecule has 0 bridgehead atoms. The van der Waals surface area contributed by atoms with E-state index in [2.05, 4.69) is 32.6 Å². The van der Waals surface area contributed by atoms with Gasteiger partial charge in [-0.2, -0.15) is 0 Å². The first-order valence-corrected chi connectivity index (χ1v) is 8.20. The lowest BCUT2D eigenvalue weighted by Gasteiger charge is -2.43. The van der Waals surface area contributed by atoms with E-state index >= 15 is 0 Å². The van der Waals surface area contributed by atoms with Crippen LogP contribution in [0.25, 0.3) is 0 Å². The molecular weight excluding hydrogens is 234 g/mol. The van der Waals surface area contributed by atoms with Gasteiger partial charge in [-0.3, -0.25) is 9.69 Å². The third-order valence-electron chi connectivity index (χ3n) is 5.50. The fourth-order valence-electron chi connectivity index (χ4n) is 4.34. The molecular formula is C17H31NO. The first-order chi connectivity index (χ1) is 8.93. The first-order valence-electron chi connectivity index (χ1n) is 8.20. The Bertz CT molecular complexity index is 317. The van der Waals surface area contributed by atoms with Gasteiger partial charge in [0.1, 0.15) is 5.78 Å². The molecule has 0 aromatic rings. The highest BCUT2D eigenvalue weighted by Gasteiger charge is 2.39. The van der Waals surface area contributed by atoms with Crippen LogP contribution in [0.3, 0.4) is 0 Å². The zero-order valence-electron chi connectivity index (χ0n) is 13.2. The van der Waals surface area contributed by atoms with Crippen LogP contribution in [0, 0.1) is 17.3 Å². The molecule has 2 rings (SSSR count). The van der Waals surface area contributed by atoms with Crippen LogP contribution in [0.15, 0.2) is 0 Å². The van der Waals surface area contributed by atoms with Crippen molar-refractivity contribution in [3.63, 3.8) is 0 Å². The van der Waals surface area contributed by atoms with E-state index in [9.17, 15) is 4.79 Å². The monoisotopic (exact) mass is 265 g/mol. The molecule has 110 valence electrons. The number of rotatable bonds is 4. The molecule has 1 saturated heterocycles. The highest BCUT2D eigenvalue weighted by molar-refractivity contribution is 5.82. The minimum atomic E-state index is 0.228. The van der Waals surface area contributed by atoms with Crippen LogP contribution in [-0.2, 0) is 4.79 Å². The van der Waals surface area contributed by atoms with E-state index in [-0.39, 0.29) is 5.92 Å². The molecule has 0 aromatic heterocycles. The number of piperidine rings is 1. The van der Waals surface area contributed by atoms with Crippen LogP contribution in [0.2, 0.25) is 0 Å². The van der Waals surface area contributed by atoms with Gasteiger partial charge >= 0.3 is 0 Å². The smallest absolute Gasteiger partial charge is 0.138 e. The highest BCUT2D eigenvalue weighted by Crippen LogP contribution is 2.44. The summed E-state index contributed by atoms with van der Waals surface area (Å²) in [4.78, 5) is 14.4. The van der Waals surface area contributed by atoms with Gasteiger partial charge in [0.05, 0.1) is 0 Å². The molecule has 2 atom stereocenters. The molecule has 2 fully saturated rings. The van der Waals surface area contributed by atoms with Crippen molar-refractivity contribution in [1.82, 2.24) is 4.90 Å². The van der Waals surface area contributed by atoms with Gasteiger partial charge in [-0.15, -0.1) is 0 Å². The first kappa shape index (κ1) is 15.0. The van der Waals surface area contributed by atoms with E-state index in [0.717, 1.165) is 18.9 Å². The van der Waals surface area contributed by atoms with Crippen LogP contribution in [0.4, 0.5) is 0 Å². The third-order valence-corrected chi connectivity index (χ3v) is 5.50. The second-order valence-corrected chi connectivity index (χ2v) is 7.52. The normalized spacial score (nSPS) is 32.2. The van der Waals surface area contributed by atoms with E-state index in [1.54, 1.807) is 0 Å². The van der Waals surface area contributed by atoms with Gasteiger partial charge in [0.2, 0.25) is 0 Å². The molecule has 1 heterocycles. The van der Waals surface area contributed by atoms with Crippen molar-refractivity contribution in [2.75, 3.05) is 13.1 Å². The Kier molecular flexibility index (Phi) is 4.70. The second kappa shape index (κ2) is 5.95. The average molecular weight is 265 g/mol. The predicted octanol–water partition coefficient (Wildman–Crippen LogP) is 3.89. The molecule has 2 nitrogen and oxygen atoms in total. The molecule has 2 aliphatic rings. The van der Waals surface area contributed by atoms with Gasteiger partial charge in [0.15, 0.2) is 0 Å². The number of hydrogen-bond donors (Lipinski definition) is 0. The Morgan fingerprint density at radius 1 is 1.26 bits per heavy atom. The summed E-state index contributed by atoms with van der Waals surface area (Å²) in [5.41, 5.74) is 0.544. The number of likely N-dealkylation sites (tertiary alicyclic amines) is 1. The molecule has 0 amide bonds.